The van der Waals surface area contributed by atoms with Crippen molar-refractivity contribution in [3.8, 4) is 5.75 Å². The van der Waals surface area contributed by atoms with Crippen molar-refractivity contribution in [2.24, 2.45) is 5.92 Å². The summed E-state index contributed by atoms with van der Waals surface area (Å²) in [5.41, 5.74) is 1.12. The maximum atomic E-state index is 10.6. The van der Waals surface area contributed by atoms with E-state index in [1.807, 2.05) is 30.5 Å². The van der Waals surface area contributed by atoms with Gasteiger partial charge in [-0.2, -0.15) is 0 Å². The zero-order chi connectivity index (χ0) is 17.9. The summed E-state index contributed by atoms with van der Waals surface area (Å²) in [4.78, 5) is 5.61. The molecule has 1 aliphatic carbocycles. The van der Waals surface area contributed by atoms with E-state index in [9.17, 15) is 5.11 Å². The second-order valence-corrected chi connectivity index (χ2v) is 8.39. The van der Waals surface area contributed by atoms with Crippen LogP contribution in [0.15, 0.2) is 30.5 Å². The molecule has 1 heterocycles. The molecule has 25 heavy (non-hydrogen) atoms. The number of ether oxygens (including phenoxy) is 1. The van der Waals surface area contributed by atoms with Gasteiger partial charge >= 0.3 is 0 Å². The number of β-amino-alcohol motifs (C(OH)–C–C–N with tert-alkyl or cyclic N) is 1. The van der Waals surface area contributed by atoms with Crippen LogP contribution in [-0.2, 0) is 0 Å². The van der Waals surface area contributed by atoms with E-state index in [2.05, 4.69) is 30.7 Å². The van der Waals surface area contributed by atoms with Gasteiger partial charge in [-0.1, -0.05) is 18.9 Å². The number of hydrogen-bond donors (Lipinski definition) is 2. The summed E-state index contributed by atoms with van der Waals surface area (Å²) in [6.45, 7) is 8.75. The summed E-state index contributed by atoms with van der Waals surface area (Å²) < 4.78 is 5.93. The Balaban J connectivity index is 1.57. The average Bonchev–Trinajstić information content (AvgIpc) is 3.22. The number of fused-ring (bicyclic) bond motifs is 1. The van der Waals surface area contributed by atoms with Gasteiger partial charge in [0.2, 0.25) is 0 Å². The molecule has 1 aromatic carbocycles. The Morgan fingerprint density at radius 3 is 2.72 bits per heavy atom. The van der Waals surface area contributed by atoms with E-state index in [1.165, 1.54) is 25.7 Å². The van der Waals surface area contributed by atoms with Crippen molar-refractivity contribution in [3.05, 3.63) is 30.5 Å². The number of nitrogens with one attached hydrogen (secondary N) is 1. The van der Waals surface area contributed by atoms with E-state index >= 15 is 0 Å². The standard InChI is InChI=1S/C21H32N2O2/c1-21(2,3)23(13-16-7-4-5-8-16)14-17(24)15-25-20-10-6-9-19-18(20)11-12-22-19/h6,9-12,16-17,22,24H,4-5,7-8,13-15H2,1-3H3. The molecule has 2 N–H and O–H groups in total. The Hall–Kier alpha value is -1.52. The average molecular weight is 344 g/mol. The van der Waals surface area contributed by atoms with Crippen LogP contribution in [-0.4, -0.2) is 46.3 Å². The third kappa shape index (κ3) is 4.77. The second kappa shape index (κ2) is 7.79. The van der Waals surface area contributed by atoms with Crippen LogP contribution in [0.2, 0.25) is 0 Å². The number of hydrogen-bond acceptors (Lipinski definition) is 3. The van der Waals surface area contributed by atoms with Gasteiger partial charge in [0.05, 0.1) is 0 Å². The van der Waals surface area contributed by atoms with Crippen molar-refractivity contribution in [3.63, 3.8) is 0 Å². The SMILES string of the molecule is CC(C)(C)N(CC(O)COc1cccc2[nH]ccc12)CC1CCCC1. The number of benzene rings is 1. The molecule has 1 atom stereocenters. The minimum absolute atomic E-state index is 0.0597. The fourth-order valence-corrected chi connectivity index (χ4v) is 3.80. The molecular weight excluding hydrogens is 312 g/mol. The lowest BCUT2D eigenvalue weighted by Crippen LogP contribution is -2.48. The van der Waals surface area contributed by atoms with E-state index < -0.39 is 6.10 Å². The van der Waals surface area contributed by atoms with E-state index in [1.54, 1.807) is 0 Å². The first-order chi connectivity index (χ1) is 11.9. The Morgan fingerprint density at radius 2 is 2.00 bits per heavy atom. The Bertz CT molecular complexity index is 668. The van der Waals surface area contributed by atoms with Crippen molar-refractivity contribution in [2.45, 2.75) is 58.1 Å². The van der Waals surface area contributed by atoms with Gasteiger partial charge in [-0.05, 0) is 57.7 Å². The molecule has 3 rings (SSSR count). The Kier molecular flexibility index (Phi) is 5.70. The number of aliphatic hydroxyl groups is 1. The van der Waals surface area contributed by atoms with Crippen LogP contribution in [0.5, 0.6) is 5.75 Å². The van der Waals surface area contributed by atoms with Crippen molar-refractivity contribution in [1.29, 1.82) is 0 Å². The molecule has 1 aliphatic rings. The number of rotatable bonds is 7. The summed E-state index contributed by atoms with van der Waals surface area (Å²) in [6.07, 6.45) is 6.79. The molecule has 4 nitrogen and oxygen atoms in total. The van der Waals surface area contributed by atoms with E-state index in [4.69, 9.17) is 4.74 Å². The van der Waals surface area contributed by atoms with Gasteiger partial charge in [-0.25, -0.2) is 0 Å². The van der Waals surface area contributed by atoms with Gasteiger partial charge in [-0.15, -0.1) is 0 Å². The maximum Gasteiger partial charge on any atom is 0.128 e. The van der Waals surface area contributed by atoms with Crippen molar-refractivity contribution >= 4 is 10.9 Å². The molecule has 2 aromatic rings. The number of aromatic nitrogens is 1. The van der Waals surface area contributed by atoms with Gasteiger partial charge < -0.3 is 14.8 Å². The molecule has 0 bridgehead atoms. The zero-order valence-corrected chi connectivity index (χ0v) is 15.8. The second-order valence-electron chi connectivity index (χ2n) is 8.39. The number of H-pyrrole nitrogens is 1. The summed E-state index contributed by atoms with van der Waals surface area (Å²) in [6, 6.07) is 7.98. The highest BCUT2D eigenvalue weighted by atomic mass is 16.5. The van der Waals surface area contributed by atoms with Crippen molar-refractivity contribution < 1.29 is 9.84 Å². The first kappa shape index (κ1) is 18.3. The molecule has 1 saturated carbocycles. The monoisotopic (exact) mass is 344 g/mol. The molecule has 1 unspecified atom stereocenters. The lowest BCUT2D eigenvalue weighted by atomic mass is 10.0. The highest BCUT2D eigenvalue weighted by molar-refractivity contribution is 5.85. The molecule has 138 valence electrons. The highest BCUT2D eigenvalue weighted by Crippen LogP contribution is 2.28. The minimum atomic E-state index is -0.491. The largest absolute Gasteiger partial charge is 0.490 e. The van der Waals surface area contributed by atoms with Crippen LogP contribution in [0.4, 0.5) is 0 Å². The predicted molar refractivity (Wildman–Crippen MR) is 103 cm³/mol. The fourth-order valence-electron chi connectivity index (χ4n) is 3.80. The molecule has 0 amide bonds. The van der Waals surface area contributed by atoms with Gasteiger partial charge in [0.25, 0.3) is 0 Å². The van der Waals surface area contributed by atoms with Crippen LogP contribution < -0.4 is 4.74 Å². The zero-order valence-electron chi connectivity index (χ0n) is 15.8. The molecule has 0 spiro atoms. The van der Waals surface area contributed by atoms with Crippen LogP contribution in [0, 0.1) is 5.92 Å². The maximum absolute atomic E-state index is 10.6. The first-order valence-corrected chi connectivity index (χ1v) is 9.55. The number of aliphatic hydroxyl groups excluding tert-OH is 1. The smallest absolute Gasteiger partial charge is 0.128 e. The summed E-state index contributed by atoms with van der Waals surface area (Å²) >= 11 is 0. The molecule has 0 radical (unpaired) electrons. The molecule has 1 fully saturated rings. The minimum Gasteiger partial charge on any atom is -0.490 e. The topological polar surface area (TPSA) is 48.5 Å². The first-order valence-electron chi connectivity index (χ1n) is 9.55. The molecule has 0 saturated heterocycles. The highest BCUT2D eigenvalue weighted by Gasteiger charge is 2.28. The van der Waals surface area contributed by atoms with Gasteiger partial charge in [0.1, 0.15) is 18.5 Å². The van der Waals surface area contributed by atoms with E-state index in [0.717, 1.165) is 29.1 Å². The molecule has 4 heteroatoms. The van der Waals surface area contributed by atoms with Crippen molar-refractivity contribution in [1.82, 2.24) is 9.88 Å². The van der Waals surface area contributed by atoms with Gasteiger partial charge in [0.15, 0.2) is 0 Å². The summed E-state index contributed by atoms with van der Waals surface area (Å²) in [5, 5.41) is 11.6. The van der Waals surface area contributed by atoms with Crippen LogP contribution in [0.3, 0.4) is 0 Å². The third-order valence-electron chi connectivity index (χ3n) is 5.32. The van der Waals surface area contributed by atoms with Crippen LogP contribution in [0.1, 0.15) is 46.5 Å². The van der Waals surface area contributed by atoms with Crippen LogP contribution in [0.25, 0.3) is 10.9 Å². The Labute approximate surface area is 151 Å². The van der Waals surface area contributed by atoms with E-state index in [0.29, 0.717) is 13.2 Å². The summed E-state index contributed by atoms with van der Waals surface area (Å²) in [7, 11) is 0. The van der Waals surface area contributed by atoms with Gasteiger partial charge in [0, 0.05) is 35.7 Å². The normalized spacial score (nSPS) is 17.5. The predicted octanol–water partition coefficient (Wildman–Crippen LogP) is 4.20. The van der Waals surface area contributed by atoms with Gasteiger partial charge in [-0.3, -0.25) is 4.90 Å². The lowest BCUT2D eigenvalue weighted by molar-refractivity contribution is 0.0252. The molecular formula is C21H32N2O2. The summed E-state index contributed by atoms with van der Waals surface area (Å²) in [5.74, 6) is 1.61. The third-order valence-corrected chi connectivity index (χ3v) is 5.32. The molecule has 1 aromatic heterocycles. The van der Waals surface area contributed by atoms with Crippen LogP contribution >= 0.6 is 0 Å². The quantitative estimate of drug-likeness (QED) is 0.791. The fraction of sp³-hybridized carbons (Fsp3) is 0.619. The lowest BCUT2D eigenvalue weighted by Gasteiger charge is -2.38. The van der Waals surface area contributed by atoms with E-state index in [-0.39, 0.29) is 5.54 Å². The van der Waals surface area contributed by atoms with Crippen molar-refractivity contribution in [2.75, 3.05) is 19.7 Å². The molecule has 0 aliphatic heterocycles. The Morgan fingerprint density at radius 1 is 1.24 bits per heavy atom. The number of aromatic amines is 1. The number of nitrogens with zero attached hydrogens (tertiary/aromatic N) is 1.